The standard InChI is InChI=1S/C22H26N6O2/c1-15(13-16-7-11-20(30-3)12-8-16)27(2)22(29)23-18-6-4-5-17(14-18)21-24-25-26-28(21)19-9-10-19/h4-8,11-12,14-15,19H,9-10,13H2,1-3H3,(H,23,29)/t15-/m0/s1. The van der Waals surface area contributed by atoms with Gasteiger partial charge in [0.2, 0.25) is 0 Å². The zero-order valence-corrected chi connectivity index (χ0v) is 17.4. The second kappa shape index (κ2) is 8.52. The highest BCUT2D eigenvalue weighted by Crippen LogP contribution is 2.36. The predicted molar refractivity (Wildman–Crippen MR) is 114 cm³/mol. The first-order valence-electron chi connectivity index (χ1n) is 10.1. The quantitative estimate of drug-likeness (QED) is 0.645. The molecule has 1 aliphatic rings. The van der Waals surface area contributed by atoms with Gasteiger partial charge >= 0.3 is 6.03 Å². The van der Waals surface area contributed by atoms with Gasteiger partial charge in [-0.15, -0.1) is 5.10 Å². The Labute approximate surface area is 175 Å². The fourth-order valence-corrected chi connectivity index (χ4v) is 3.34. The lowest BCUT2D eigenvalue weighted by molar-refractivity contribution is 0.207. The lowest BCUT2D eigenvalue weighted by atomic mass is 10.1. The van der Waals surface area contributed by atoms with Crippen LogP contribution in [0, 0.1) is 0 Å². The van der Waals surface area contributed by atoms with Crippen molar-refractivity contribution in [3.8, 4) is 17.1 Å². The van der Waals surface area contributed by atoms with Crippen molar-refractivity contribution in [2.45, 2.75) is 38.3 Å². The van der Waals surface area contributed by atoms with Crippen molar-refractivity contribution in [3.05, 3.63) is 54.1 Å². The van der Waals surface area contributed by atoms with Crippen LogP contribution in [-0.4, -0.2) is 51.3 Å². The number of rotatable bonds is 7. The van der Waals surface area contributed by atoms with Crippen molar-refractivity contribution in [3.63, 3.8) is 0 Å². The zero-order chi connectivity index (χ0) is 21.1. The Kier molecular flexibility index (Phi) is 5.65. The summed E-state index contributed by atoms with van der Waals surface area (Å²) in [6.07, 6.45) is 2.96. The molecule has 0 bridgehead atoms. The van der Waals surface area contributed by atoms with Gasteiger partial charge in [0.05, 0.1) is 13.2 Å². The Morgan fingerprint density at radius 3 is 2.73 bits per heavy atom. The van der Waals surface area contributed by atoms with Gasteiger partial charge < -0.3 is 15.0 Å². The molecule has 1 heterocycles. The number of aromatic nitrogens is 4. The van der Waals surface area contributed by atoms with Crippen LogP contribution < -0.4 is 10.1 Å². The van der Waals surface area contributed by atoms with E-state index in [9.17, 15) is 4.79 Å². The first kappa shape index (κ1) is 19.9. The molecule has 8 nitrogen and oxygen atoms in total. The van der Waals surface area contributed by atoms with E-state index in [4.69, 9.17) is 4.74 Å². The van der Waals surface area contributed by atoms with Crippen LogP contribution in [0.25, 0.3) is 11.4 Å². The lowest BCUT2D eigenvalue weighted by Gasteiger charge is -2.25. The number of hydrogen-bond acceptors (Lipinski definition) is 5. The van der Waals surface area contributed by atoms with Crippen LogP contribution in [0.5, 0.6) is 5.75 Å². The smallest absolute Gasteiger partial charge is 0.321 e. The summed E-state index contributed by atoms with van der Waals surface area (Å²) in [5.41, 5.74) is 2.75. The minimum atomic E-state index is -0.157. The molecule has 0 aliphatic heterocycles. The number of tetrazole rings is 1. The number of methoxy groups -OCH3 is 1. The average Bonchev–Trinajstić information content (AvgIpc) is 3.49. The molecule has 1 aromatic heterocycles. The monoisotopic (exact) mass is 406 g/mol. The number of hydrogen-bond donors (Lipinski definition) is 1. The number of benzene rings is 2. The van der Waals surface area contributed by atoms with E-state index < -0.39 is 0 Å². The van der Waals surface area contributed by atoms with Gasteiger partial charge in [0.1, 0.15) is 5.75 Å². The van der Waals surface area contributed by atoms with Crippen molar-refractivity contribution in [1.29, 1.82) is 0 Å². The Hall–Kier alpha value is -3.42. The van der Waals surface area contributed by atoms with Crippen molar-refractivity contribution in [1.82, 2.24) is 25.1 Å². The van der Waals surface area contributed by atoms with Gasteiger partial charge in [-0.05, 0) is 66.4 Å². The molecule has 1 fully saturated rings. The highest BCUT2D eigenvalue weighted by molar-refractivity contribution is 5.90. The number of carbonyl (C=O) groups excluding carboxylic acids is 1. The summed E-state index contributed by atoms with van der Waals surface area (Å²) in [6, 6.07) is 15.8. The molecular formula is C22H26N6O2. The van der Waals surface area contributed by atoms with E-state index >= 15 is 0 Å². The van der Waals surface area contributed by atoms with Crippen molar-refractivity contribution >= 4 is 11.7 Å². The van der Waals surface area contributed by atoms with Crippen molar-refractivity contribution in [2.24, 2.45) is 0 Å². The molecule has 0 radical (unpaired) electrons. The summed E-state index contributed by atoms with van der Waals surface area (Å²) >= 11 is 0. The molecule has 1 saturated carbocycles. The predicted octanol–water partition coefficient (Wildman–Crippen LogP) is 3.78. The molecule has 4 rings (SSSR count). The van der Waals surface area contributed by atoms with E-state index in [1.165, 1.54) is 0 Å². The third-order valence-corrected chi connectivity index (χ3v) is 5.43. The fourth-order valence-electron chi connectivity index (χ4n) is 3.34. The SMILES string of the molecule is COc1ccc(C[C@H](C)N(C)C(=O)Nc2cccc(-c3nnnn3C3CC3)c2)cc1. The third-order valence-electron chi connectivity index (χ3n) is 5.43. The molecule has 2 aromatic carbocycles. The number of urea groups is 1. The molecule has 156 valence electrons. The number of likely N-dealkylation sites (N-methyl/N-ethyl adjacent to an activating group) is 1. The number of carbonyl (C=O) groups is 1. The largest absolute Gasteiger partial charge is 0.497 e. The minimum Gasteiger partial charge on any atom is -0.497 e. The van der Waals surface area contributed by atoms with E-state index in [1.54, 1.807) is 19.1 Å². The molecular weight excluding hydrogens is 380 g/mol. The van der Waals surface area contributed by atoms with Gasteiger partial charge in [-0.25, -0.2) is 9.48 Å². The van der Waals surface area contributed by atoms with Gasteiger partial charge in [-0.3, -0.25) is 0 Å². The summed E-state index contributed by atoms with van der Waals surface area (Å²) in [5, 5.41) is 15.1. The van der Waals surface area contributed by atoms with Crippen LogP contribution in [0.4, 0.5) is 10.5 Å². The normalized spacial score (nSPS) is 14.2. The van der Waals surface area contributed by atoms with Crippen LogP contribution in [0.2, 0.25) is 0 Å². The van der Waals surface area contributed by atoms with Crippen LogP contribution in [0.1, 0.15) is 31.4 Å². The molecule has 2 amide bonds. The molecule has 8 heteroatoms. The van der Waals surface area contributed by atoms with Crippen molar-refractivity contribution in [2.75, 3.05) is 19.5 Å². The van der Waals surface area contributed by atoms with Crippen molar-refractivity contribution < 1.29 is 9.53 Å². The van der Waals surface area contributed by atoms with Gasteiger partial charge in [-0.2, -0.15) is 0 Å². The van der Waals surface area contributed by atoms with E-state index in [2.05, 4.69) is 20.8 Å². The summed E-state index contributed by atoms with van der Waals surface area (Å²) in [6.45, 7) is 2.03. The minimum absolute atomic E-state index is 0.0312. The van der Waals surface area contributed by atoms with E-state index in [0.29, 0.717) is 11.7 Å². The second-order valence-electron chi connectivity index (χ2n) is 7.70. The number of ether oxygens (including phenoxy) is 1. The number of nitrogens with one attached hydrogen (secondary N) is 1. The van der Waals surface area contributed by atoms with Gasteiger partial charge in [0.15, 0.2) is 5.82 Å². The maximum absolute atomic E-state index is 12.8. The molecule has 30 heavy (non-hydrogen) atoms. The van der Waals surface area contributed by atoms with E-state index in [0.717, 1.165) is 42.0 Å². The highest BCUT2D eigenvalue weighted by atomic mass is 16.5. The molecule has 1 N–H and O–H groups in total. The highest BCUT2D eigenvalue weighted by Gasteiger charge is 2.28. The van der Waals surface area contributed by atoms with Gasteiger partial charge in [0, 0.05) is 24.3 Å². The molecule has 3 aromatic rings. The molecule has 0 spiro atoms. The lowest BCUT2D eigenvalue weighted by Crippen LogP contribution is -2.39. The van der Waals surface area contributed by atoms with Gasteiger partial charge in [-0.1, -0.05) is 24.3 Å². The summed E-state index contributed by atoms with van der Waals surface area (Å²) in [7, 11) is 3.46. The summed E-state index contributed by atoms with van der Waals surface area (Å²) in [4.78, 5) is 14.5. The first-order valence-corrected chi connectivity index (χ1v) is 10.1. The molecule has 0 unspecified atom stereocenters. The summed E-state index contributed by atoms with van der Waals surface area (Å²) in [5.74, 6) is 1.56. The summed E-state index contributed by atoms with van der Waals surface area (Å²) < 4.78 is 7.06. The Balaban J connectivity index is 1.40. The molecule has 1 atom stereocenters. The van der Waals surface area contributed by atoms with Crippen LogP contribution >= 0.6 is 0 Å². The number of nitrogens with zero attached hydrogens (tertiary/aromatic N) is 5. The van der Waals surface area contributed by atoms with Crippen LogP contribution in [0.15, 0.2) is 48.5 Å². The maximum atomic E-state index is 12.8. The third kappa shape index (κ3) is 4.42. The van der Waals surface area contributed by atoms with Crippen LogP contribution in [-0.2, 0) is 6.42 Å². The molecule has 1 aliphatic carbocycles. The average molecular weight is 406 g/mol. The second-order valence-corrected chi connectivity index (χ2v) is 7.70. The Bertz CT molecular complexity index is 1010. The fraction of sp³-hybridized carbons (Fsp3) is 0.364. The first-order chi connectivity index (χ1) is 14.5. The van der Waals surface area contributed by atoms with Crippen LogP contribution in [0.3, 0.4) is 0 Å². The maximum Gasteiger partial charge on any atom is 0.321 e. The Morgan fingerprint density at radius 1 is 1.27 bits per heavy atom. The number of amides is 2. The van der Waals surface area contributed by atoms with E-state index in [1.807, 2.05) is 60.1 Å². The number of anilines is 1. The molecule has 0 saturated heterocycles. The topological polar surface area (TPSA) is 85.2 Å². The Morgan fingerprint density at radius 2 is 2.03 bits per heavy atom. The van der Waals surface area contributed by atoms with Gasteiger partial charge in [0.25, 0.3) is 0 Å². The zero-order valence-electron chi connectivity index (χ0n) is 17.4. The van der Waals surface area contributed by atoms with E-state index in [-0.39, 0.29) is 12.1 Å².